The maximum Gasteiger partial charge on any atom is 0.416 e. The van der Waals surface area contributed by atoms with Crippen molar-refractivity contribution in [1.82, 2.24) is 15.0 Å². The van der Waals surface area contributed by atoms with E-state index in [-0.39, 0.29) is 5.95 Å². The van der Waals surface area contributed by atoms with Crippen molar-refractivity contribution < 1.29 is 9.53 Å². The molecule has 6 heteroatoms. The minimum Gasteiger partial charge on any atom is -0.449 e. The molecule has 0 aromatic carbocycles. The fraction of sp³-hybridized carbons (Fsp3) is 0.231. The highest BCUT2D eigenvalue weighted by molar-refractivity contribution is 5.84. The Morgan fingerprint density at radius 3 is 2.74 bits per heavy atom. The number of aromatic nitrogens is 3. The molecule has 0 aliphatic heterocycles. The molecule has 98 valence electrons. The number of pyridine rings is 1. The number of carbonyl (C=O) groups excluding carboxylic acids is 1. The maximum atomic E-state index is 11.6. The van der Waals surface area contributed by atoms with Gasteiger partial charge in [-0.15, -0.1) is 0 Å². The van der Waals surface area contributed by atoms with Gasteiger partial charge in [0.05, 0.1) is 18.0 Å². The standard InChI is InChI=1S/C13H14N4O2/c1-3-19-13(18)17(2)12-15-9-7-11(16-12)10-6-4-5-8-14-10/h4-9H,3H2,1-2H3. The predicted molar refractivity (Wildman–Crippen MR) is 70.7 cm³/mol. The lowest BCUT2D eigenvalue weighted by molar-refractivity contribution is 0.161. The Kier molecular flexibility index (Phi) is 4.02. The molecule has 0 unspecified atom stereocenters. The van der Waals surface area contributed by atoms with E-state index in [4.69, 9.17) is 4.74 Å². The molecule has 6 nitrogen and oxygen atoms in total. The van der Waals surface area contributed by atoms with Gasteiger partial charge in [0, 0.05) is 19.4 Å². The Bertz CT molecular complexity index is 560. The summed E-state index contributed by atoms with van der Waals surface area (Å²) in [7, 11) is 1.57. The first-order valence-electron chi connectivity index (χ1n) is 5.87. The van der Waals surface area contributed by atoms with Gasteiger partial charge in [0.25, 0.3) is 0 Å². The number of anilines is 1. The van der Waals surface area contributed by atoms with Crippen LogP contribution >= 0.6 is 0 Å². The Balaban J connectivity index is 2.27. The van der Waals surface area contributed by atoms with E-state index in [1.54, 1.807) is 32.4 Å². The normalized spacial score (nSPS) is 10.0. The highest BCUT2D eigenvalue weighted by Crippen LogP contribution is 2.16. The Morgan fingerprint density at radius 1 is 1.21 bits per heavy atom. The number of ether oxygens (including phenoxy) is 1. The van der Waals surface area contributed by atoms with E-state index >= 15 is 0 Å². The summed E-state index contributed by atoms with van der Waals surface area (Å²) < 4.78 is 4.90. The number of nitrogens with zero attached hydrogens (tertiary/aromatic N) is 4. The Morgan fingerprint density at radius 2 is 2.05 bits per heavy atom. The fourth-order valence-electron chi connectivity index (χ4n) is 1.47. The molecule has 2 aromatic heterocycles. The van der Waals surface area contributed by atoms with Crippen molar-refractivity contribution in [3.63, 3.8) is 0 Å². The van der Waals surface area contributed by atoms with E-state index < -0.39 is 6.09 Å². The first-order chi connectivity index (χ1) is 9.22. The fourth-order valence-corrected chi connectivity index (χ4v) is 1.47. The van der Waals surface area contributed by atoms with Crippen LogP contribution in [-0.2, 0) is 4.74 Å². The smallest absolute Gasteiger partial charge is 0.416 e. The third-order valence-electron chi connectivity index (χ3n) is 2.41. The van der Waals surface area contributed by atoms with Crippen LogP contribution in [0.1, 0.15) is 6.92 Å². The quantitative estimate of drug-likeness (QED) is 0.843. The van der Waals surface area contributed by atoms with Crippen LogP contribution in [0.15, 0.2) is 36.7 Å². The van der Waals surface area contributed by atoms with Gasteiger partial charge in [-0.2, -0.15) is 0 Å². The third kappa shape index (κ3) is 3.04. The topological polar surface area (TPSA) is 68.2 Å². The summed E-state index contributed by atoms with van der Waals surface area (Å²) in [5.74, 6) is 0.279. The Labute approximate surface area is 111 Å². The molecule has 0 atom stereocenters. The number of carbonyl (C=O) groups is 1. The van der Waals surface area contributed by atoms with Gasteiger partial charge in [0.15, 0.2) is 0 Å². The molecule has 0 saturated heterocycles. The molecule has 0 fully saturated rings. The molecule has 2 aromatic rings. The zero-order valence-corrected chi connectivity index (χ0v) is 10.8. The SMILES string of the molecule is CCOC(=O)N(C)c1nccc(-c2ccccn2)n1. The number of hydrogen-bond donors (Lipinski definition) is 0. The molecule has 0 N–H and O–H groups in total. The molecular weight excluding hydrogens is 244 g/mol. The predicted octanol–water partition coefficient (Wildman–Crippen LogP) is 2.13. The van der Waals surface area contributed by atoms with Gasteiger partial charge in [-0.05, 0) is 25.1 Å². The second kappa shape index (κ2) is 5.90. The molecule has 1 amide bonds. The monoisotopic (exact) mass is 258 g/mol. The van der Waals surface area contributed by atoms with Gasteiger partial charge < -0.3 is 4.74 Å². The van der Waals surface area contributed by atoms with Gasteiger partial charge in [0.1, 0.15) is 0 Å². The lowest BCUT2D eigenvalue weighted by Gasteiger charge is -2.14. The summed E-state index contributed by atoms with van der Waals surface area (Å²) >= 11 is 0. The van der Waals surface area contributed by atoms with Crippen LogP contribution < -0.4 is 4.90 Å². The molecular formula is C13H14N4O2. The van der Waals surface area contributed by atoms with Crippen LogP contribution in [0.25, 0.3) is 11.4 Å². The molecule has 19 heavy (non-hydrogen) atoms. The average molecular weight is 258 g/mol. The van der Waals surface area contributed by atoms with Gasteiger partial charge in [-0.1, -0.05) is 6.07 Å². The van der Waals surface area contributed by atoms with E-state index in [9.17, 15) is 4.79 Å². The minimum absolute atomic E-state index is 0.279. The molecule has 2 rings (SSSR count). The highest BCUT2D eigenvalue weighted by atomic mass is 16.6. The average Bonchev–Trinajstić information content (AvgIpc) is 2.48. The van der Waals surface area contributed by atoms with Gasteiger partial charge >= 0.3 is 6.09 Å². The molecule has 0 saturated carbocycles. The van der Waals surface area contributed by atoms with E-state index in [0.29, 0.717) is 12.3 Å². The zero-order chi connectivity index (χ0) is 13.7. The van der Waals surface area contributed by atoms with Crippen molar-refractivity contribution in [3.05, 3.63) is 36.7 Å². The number of rotatable bonds is 3. The minimum atomic E-state index is -0.485. The number of hydrogen-bond acceptors (Lipinski definition) is 5. The van der Waals surface area contributed by atoms with E-state index in [2.05, 4.69) is 15.0 Å². The zero-order valence-electron chi connectivity index (χ0n) is 10.8. The van der Waals surface area contributed by atoms with Crippen molar-refractivity contribution in [3.8, 4) is 11.4 Å². The third-order valence-corrected chi connectivity index (χ3v) is 2.41. The van der Waals surface area contributed by atoms with Crippen molar-refractivity contribution in [2.75, 3.05) is 18.6 Å². The van der Waals surface area contributed by atoms with Crippen molar-refractivity contribution in [2.24, 2.45) is 0 Å². The maximum absolute atomic E-state index is 11.6. The van der Waals surface area contributed by atoms with Crippen LogP contribution in [0.5, 0.6) is 0 Å². The summed E-state index contributed by atoms with van der Waals surface area (Å²) in [4.78, 5) is 25.4. The van der Waals surface area contributed by atoms with E-state index in [1.807, 2.05) is 18.2 Å². The first-order valence-corrected chi connectivity index (χ1v) is 5.87. The largest absolute Gasteiger partial charge is 0.449 e. The summed E-state index contributed by atoms with van der Waals surface area (Å²) in [6.07, 6.45) is 2.79. The van der Waals surface area contributed by atoms with Crippen LogP contribution in [0.2, 0.25) is 0 Å². The van der Waals surface area contributed by atoms with Crippen molar-refractivity contribution >= 4 is 12.0 Å². The molecule has 0 radical (unpaired) electrons. The lowest BCUT2D eigenvalue weighted by Crippen LogP contribution is -2.28. The van der Waals surface area contributed by atoms with Crippen LogP contribution in [0.3, 0.4) is 0 Å². The molecule has 0 bridgehead atoms. The molecule has 0 aliphatic carbocycles. The van der Waals surface area contributed by atoms with Gasteiger partial charge in [-0.25, -0.2) is 19.7 Å². The van der Waals surface area contributed by atoms with Crippen LogP contribution in [0, 0.1) is 0 Å². The van der Waals surface area contributed by atoms with Crippen molar-refractivity contribution in [1.29, 1.82) is 0 Å². The second-order valence-electron chi connectivity index (χ2n) is 3.71. The molecule has 0 aliphatic rings. The van der Waals surface area contributed by atoms with Gasteiger partial charge in [0.2, 0.25) is 5.95 Å². The van der Waals surface area contributed by atoms with Crippen molar-refractivity contribution in [2.45, 2.75) is 6.92 Å². The van der Waals surface area contributed by atoms with Gasteiger partial charge in [-0.3, -0.25) is 4.98 Å². The highest BCUT2D eigenvalue weighted by Gasteiger charge is 2.15. The summed E-state index contributed by atoms with van der Waals surface area (Å²) in [5, 5.41) is 0. The number of amides is 1. The van der Waals surface area contributed by atoms with E-state index in [1.165, 1.54) is 4.90 Å². The van der Waals surface area contributed by atoms with E-state index in [0.717, 1.165) is 5.69 Å². The first kappa shape index (κ1) is 12.9. The summed E-state index contributed by atoms with van der Waals surface area (Å²) in [6, 6.07) is 7.29. The summed E-state index contributed by atoms with van der Waals surface area (Å²) in [6.45, 7) is 2.06. The Hall–Kier alpha value is -2.50. The summed E-state index contributed by atoms with van der Waals surface area (Å²) in [5.41, 5.74) is 1.38. The lowest BCUT2D eigenvalue weighted by atomic mass is 10.2. The molecule has 2 heterocycles. The molecule has 0 spiro atoms. The van der Waals surface area contributed by atoms with Crippen LogP contribution in [-0.4, -0.2) is 34.7 Å². The van der Waals surface area contributed by atoms with Crippen LogP contribution in [0.4, 0.5) is 10.7 Å². The second-order valence-corrected chi connectivity index (χ2v) is 3.71.